The van der Waals surface area contributed by atoms with Gasteiger partial charge in [-0.05, 0) is 25.0 Å². The van der Waals surface area contributed by atoms with Gasteiger partial charge in [0.2, 0.25) is 5.91 Å². The predicted octanol–water partition coefficient (Wildman–Crippen LogP) is 2.58. The lowest BCUT2D eigenvalue weighted by atomic mass is 10.2. The molecule has 0 aliphatic rings. The molecule has 140 valence electrons. The molecule has 1 unspecified atom stereocenters. The fraction of sp³-hybridized carbons (Fsp3) is 0.412. The van der Waals surface area contributed by atoms with Gasteiger partial charge in [-0.3, -0.25) is 10.1 Å². The van der Waals surface area contributed by atoms with Crippen LogP contribution in [0.5, 0.6) is 0 Å². The molecule has 1 atom stereocenters. The van der Waals surface area contributed by atoms with E-state index < -0.39 is 23.0 Å². The summed E-state index contributed by atoms with van der Waals surface area (Å²) in [7, 11) is 1.70. The second-order valence-electron chi connectivity index (χ2n) is 6.20. The second-order valence-corrected chi connectivity index (χ2v) is 7.51. The highest BCUT2D eigenvalue weighted by Crippen LogP contribution is 2.26. The van der Waals surface area contributed by atoms with Gasteiger partial charge >= 0.3 is 6.03 Å². The van der Waals surface area contributed by atoms with E-state index in [1.165, 1.54) is 6.07 Å². The third-order valence-corrected chi connectivity index (χ3v) is 4.64. The van der Waals surface area contributed by atoms with Crippen LogP contribution in [0.2, 0.25) is 0 Å². The van der Waals surface area contributed by atoms with E-state index in [2.05, 4.69) is 20.8 Å². The van der Waals surface area contributed by atoms with Gasteiger partial charge in [0, 0.05) is 13.6 Å². The van der Waals surface area contributed by atoms with Crippen molar-refractivity contribution in [2.75, 3.05) is 6.54 Å². The Bertz CT molecular complexity index is 793. The van der Waals surface area contributed by atoms with Crippen molar-refractivity contribution in [2.45, 2.75) is 31.2 Å². The summed E-state index contributed by atoms with van der Waals surface area (Å²) in [5.41, 5.74) is 0.333. The standard InChI is InChI=1S/C17H22FN5O2S/c1-10(2)9-19-16(25)20-15(24)11(3)26-17-22-21-14(23(17)4)12-7-5-6-8-13(12)18/h5-8,10-11H,9H2,1-4H3,(H2,19,20,24,25). The Morgan fingerprint density at radius 1 is 1.23 bits per heavy atom. The zero-order chi connectivity index (χ0) is 19.3. The summed E-state index contributed by atoms with van der Waals surface area (Å²) < 4.78 is 15.5. The molecule has 1 aromatic carbocycles. The van der Waals surface area contributed by atoms with Crippen LogP contribution in [0, 0.1) is 11.7 Å². The molecule has 0 aliphatic carbocycles. The highest BCUT2D eigenvalue weighted by Gasteiger charge is 2.21. The van der Waals surface area contributed by atoms with Crippen molar-refractivity contribution >= 4 is 23.7 Å². The van der Waals surface area contributed by atoms with Gasteiger partial charge in [-0.25, -0.2) is 9.18 Å². The van der Waals surface area contributed by atoms with Crippen molar-refractivity contribution < 1.29 is 14.0 Å². The molecule has 2 rings (SSSR count). The quantitative estimate of drug-likeness (QED) is 0.753. The monoisotopic (exact) mass is 379 g/mol. The van der Waals surface area contributed by atoms with E-state index in [0.29, 0.717) is 23.1 Å². The lowest BCUT2D eigenvalue weighted by molar-refractivity contribution is -0.119. The topological polar surface area (TPSA) is 88.9 Å². The zero-order valence-corrected chi connectivity index (χ0v) is 15.9. The number of rotatable bonds is 6. The van der Waals surface area contributed by atoms with E-state index in [1.807, 2.05) is 13.8 Å². The van der Waals surface area contributed by atoms with Crippen LogP contribution in [-0.4, -0.2) is 38.5 Å². The van der Waals surface area contributed by atoms with Crippen molar-refractivity contribution in [3.63, 3.8) is 0 Å². The number of thioether (sulfide) groups is 1. The molecule has 0 saturated carbocycles. The number of carbonyl (C=O) groups excluding carboxylic acids is 2. The molecule has 0 fully saturated rings. The first-order valence-corrected chi connectivity index (χ1v) is 9.07. The number of hydrogen-bond acceptors (Lipinski definition) is 5. The molecule has 9 heteroatoms. The van der Waals surface area contributed by atoms with Gasteiger partial charge in [0.25, 0.3) is 0 Å². The van der Waals surface area contributed by atoms with Crippen LogP contribution < -0.4 is 10.6 Å². The molecule has 0 radical (unpaired) electrons. The zero-order valence-electron chi connectivity index (χ0n) is 15.1. The first kappa shape index (κ1) is 19.9. The van der Waals surface area contributed by atoms with Gasteiger partial charge in [-0.1, -0.05) is 37.7 Å². The number of imide groups is 1. The first-order chi connectivity index (χ1) is 12.3. The van der Waals surface area contributed by atoms with Gasteiger partial charge in [0.1, 0.15) is 5.82 Å². The molecule has 2 N–H and O–H groups in total. The van der Waals surface area contributed by atoms with Crippen molar-refractivity contribution in [2.24, 2.45) is 13.0 Å². The second kappa shape index (κ2) is 8.79. The highest BCUT2D eigenvalue weighted by atomic mass is 32.2. The SMILES string of the molecule is CC(C)CNC(=O)NC(=O)C(C)Sc1nnc(-c2ccccc2F)n1C. The summed E-state index contributed by atoms with van der Waals surface area (Å²) in [5.74, 6) is -0.176. The Hall–Kier alpha value is -2.42. The van der Waals surface area contributed by atoms with Crippen LogP contribution in [0.4, 0.5) is 9.18 Å². The number of hydrogen-bond donors (Lipinski definition) is 2. The van der Waals surface area contributed by atoms with Gasteiger partial charge < -0.3 is 9.88 Å². The summed E-state index contributed by atoms with van der Waals surface area (Å²) in [6.07, 6.45) is 0. The Morgan fingerprint density at radius 3 is 2.58 bits per heavy atom. The van der Waals surface area contributed by atoms with Crippen LogP contribution >= 0.6 is 11.8 Å². The third kappa shape index (κ3) is 5.04. The molecular weight excluding hydrogens is 357 g/mol. The fourth-order valence-electron chi connectivity index (χ4n) is 2.06. The van der Waals surface area contributed by atoms with Crippen LogP contribution in [0.25, 0.3) is 11.4 Å². The van der Waals surface area contributed by atoms with Crippen LogP contribution in [0.3, 0.4) is 0 Å². The average molecular weight is 379 g/mol. The van der Waals surface area contributed by atoms with Crippen molar-refractivity contribution in [3.05, 3.63) is 30.1 Å². The highest BCUT2D eigenvalue weighted by molar-refractivity contribution is 8.00. The Kier molecular flexibility index (Phi) is 6.73. The number of aromatic nitrogens is 3. The van der Waals surface area contributed by atoms with E-state index >= 15 is 0 Å². The van der Waals surface area contributed by atoms with E-state index in [1.54, 1.807) is 36.7 Å². The number of carbonyl (C=O) groups is 2. The van der Waals surface area contributed by atoms with Crippen molar-refractivity contribution in [1.29, 1.82) is 0 Å². The third-order valence-electron chi connectivity index (χ3n) is 3.51. The number of nitrogens with one attached hydrogen (secondary N) is 2. The molecule has 0 saturated heterocycles. The van der Waals surface area contributed by atoms with Crippen molar-refractivity contribution in [3.8, 4) is 11.4 Å². The molecule has 3 amide bonds. The maximum absolute atomic E-state index is 13.9. The first-order valence-electron chi connectivity index (χ1n) is 8.19. The molecular formula is C17H22FN5O2S. The number of halogens is 1. The normalized spacial score (nSPS) is 12.1. The van der Waals surface area contributed by atoms with Gasteiger partial charge in [-0.2, -0.15) is 0 Å². The van der Waals surface area contributed by atoms with Crippen LogP contribution in [0.15, 0.2) is 29.4 Å². The van der Waals surface area contributed by atoms with Crippen LogP contribution in [-0.2, 0) is 11.8 Å². The number of benzene rings is 1. The molecule has 2 aromatic rings. The average Bonchev–Trinajstić information content (AvgIpc) is 2.94. The minimum absolute atomic E-state index is 0.290. The smallest absolute Gasteiger partial charge is 0.321 e. The van der Waals surface area contributed by atoms with E-state index in [-0.39, 0.29) is 5.92 Å². The number of amides is 3. The summed E-state index contributed by atoms with van der Waals surface area (Å²) in [6.45, 7) is 6.06. The number of nitrogens with zero attached hydrogens (tertiary/aromatic N) is 3. The summed E-state index contributed by atoms with van der Waals surface area (Å²) in [5, 5.41) is 12.8. The minimum Gasteiger partial charge on any atom is -0.338 e. The summed E-state index contributed by atoms with van der Waals surface area (Å²) in [4.78, 5) is 23.8. The summed E-state index contributed by atoms with van der Waals surface area (Å²) in [6, 6.07) is 5.75. The van der Waals surface area contributed by atoms with E-state index in [9.17, 15) is 14.0 Å². The van der Waals surface area contributed by atoms with Gasteiger partial charge in [0.05, 0.1) is 10.8 Å². The van der Waals surface area contributed by atoms with Crippen molar-refractivity contribution in [1.82, 2.24) is 25.4 Å². The predicted molar refractivity (Wildman–Crippen MR) is 98.1 cm³/mol. The molecule has 0 bridgehead atoms. The molecule has 26 heavy (non-hydrogen) atoms. The Labute approximate surface area is 155 Å². The lowest BCUT2D eigenvalue weighted by Crippen LogP contribution is -2.43. The van der Waals surface area contributed by atoms with Gasteiger partial charge in [-0.15, -0.1) is 10.2 Å². The van der Waals surface area contributed by atoms with Gasteiger partial charge in [0.15, 0.2) is 11.0 Å². The Balaban J connectivity index is 2.01. The lowest BCUT2D eigenvalue weighted by Gasteiger charge is -2.12. The molecule has 0 spiro atoms. The molecule has 0 aliphatic heterocycles. The van der Waals surface area contributed by atoms with Crippen LogP contribution in [0.1, 0.15) is 20.8 Å². The van der Waals surface area contributed by atoms with E-state index in [4.69, 9.17) is 0 Å². The molecule has 1 aromatic heterocycles. The fourth-order valence-corrected chi connectivity index (χ4v) is 2.88. The maximum atomic E-state index is 13.9. The largest absolute Gasteiger partial charge is 0.338 e. The maximum Gasteiger partial charge on any atom is 0.321 e. The molecule has 1 heterocycles. The Morgan fingerprint density at radius 2 is 1.92 bits per heavy atom. The minimum atomic E-state index is -0.573. The van der Waals surface area contributed by atoms with E-state index in [0.717, 1.165) is 11.8 Å². The summed E-state index contributed by atoms with van der Waals surface area (Å²) >= 11 is 1.14. The number of urea groups is 1. The molecule has 7 nitrogen and oxygen atoms in total.